The van der Waals surface area contributed by atoms with Crippen molar-refractivity contribution < 1.29 is 18.0 Å². The third-order valence-electron chi connectivity index (χ3n) is 3.94. The van der Waals surface area contributed by atoms with Gasteiger partial charge in [-0.25, -0.2) is 0 Å². The van der Waals surface area contributed by atoms with Gasteiger partial charge >= 0.3 is 6.18 Å². The van der Waals surface area contributed by atoms with Gasteiger partial charge < -0.3 is 4.90 Å². The molecule has 0 spiro atoms. The van der Waals surface area contributed by atoms with E-state index in [0.29, 0.717) is 6.54 Å². The second-order valence-electron chi connectivity index (χ2n) is 6.10. The van der Waals surface area contributed by atoms with Gasteiger partial charge in [0, 0.05) is 23.6 Å². The Morgan fingerprint density at radius 2 is 1.89 bits per heavy atom. The molecule has 0 aliphatic carbocycles. The highest BCUT2D eigenvalue weighted by Crippen LogP contribution is 2.31. The summed E-state index contributed by atoms with van der Waals surface area (Å²) in [5, 5.41) is 11.5. The van der Waals surface area contributed by atoms with Crippen LogP contribution >= 0.6 is 15.9 Å². The van der Waals surface area contributed by atoms with Crippen LogP contribution in [0, 0.1) is 0 Å². The Kier molecular flexibility index (Phi) is 5.78. The first-order valence-corrected chi connectivity index (χ1v) is 8.95. The molecule has 0 radical (unpaired) electrons. The number of amides is 1. The van der Waals surface area contributed by atoms with Crippen LogP contribution in [0.2, 0.25) is 0 Å². The molecule has 0 fully saturated rings. The van der Waals surface area contributed by atoms with E-state index in [2.05, 4.69) is 31.3 Å². The minimum absolute atomic E-state index is 0.0227. The average molecular weight is 454 g/mol. The van der Waals surface area contributed by atoms with E-state index >= 15 is 0 Å². The predicted octanol–water partition coefficient (Wildman–Crippen LogP) is 3.78. The molecule has 0 atom stereocenters. The largest absolute Gasteiger partial charge is 0.416 e. The van der Waals surface area contributed by atoms with Crippen LogP contribution in [-0.4, -0.2) is 38.1 Å². The highest BCUT2D eigenvalue weighted by Gasteiger charge is 2.30. The summed E-state index contributed by atoms with van der Waals surface area (Å²) in [6.45, 7) is 0.236. The number of hydrogen-bond donors (Lipinski definition) is 0. The minimum atomic E-state index is -4.46. The first-order valence-electron chi connectivity index (χ1n) is 8.16. The second-order valence-corrected chi connectivity index (χ2v) is 7.01. The molecular formula is C18H15BrF3N5O. The molecule has 146 valence electrons. The van der Waals surface area contributed by atoms with Crippen LogP contribution < -0.4 is 0 Å². The Labute approximate surface area is 167 Å². The van der Waals surface area contributed by atoms with Crippen molar-refractivity contribution in [3.63, 3.8) is 0 Å². The Morgan fingerprint density at radius 3 is 2.57 bits per heavy atom. The number of nitrogens with zero attached hydrogens (tertiary/aromatic N) is 5. The van der Waals surface area contributed by atoms with Gasteiger partial charge in [-0.05, 0) is 35.0 Å². The summed E-state index contributed by atoms with van der Waals surface area (Å²) in [6.07, 6.45) is -4.46. The number of alkyl halides is 3. The lowest BCUT2D eigenvalue weighted by atomic mass is 10.1. The number of halogens is 4. The molecule has 0 N–H and O–H groups in total. The highest BCUT2D eigenvalue weighted by molar-refractivity contribution is 9.10. The molecule has 0 bridgehead atoms. The summed E-state index contributed by atoms with van der Waals surface area (Å²) in [5.41, 5.74) is 0.332. The standard InChI is InChI=1S/C18H15BrF3N5O/c1-26(10-12-5-7-15(19)8-6-12)16(28)11-27-24-17(23-25-27)13-3-2-4-14(9-13)18(20,21)22/h2-9H,10-11H2,1H3. The molecule has 1 heterocycles. The van der Waals surface area contributed by atoms with Crippen molar-refractivity contribution in [1.82, 2.24) is 25.1 Å². The minimum Gasteiger partial charge on any atom is -0.340 e. The van der Waals surface area contributed by atoms with Crippen molar-refractivity contribution in [3.8, 4) is 11.4 Å². The fraction of sp³-hybridized carbons (Fsp3) is 0.222. The lowest BCUT2D eigenvalue weighted by molar-refractivity contribution is -0.137. The van der Waals surface area contributed by atoms with Gasteiger partial charge in [0.05, 0.1) is 5.56 Å². The van der Waals surface area contributed by atoms with Crippen LogP contribution in [0.5, 0.6) is 0 Å². The smallest absolute Gasteiger partial charge is 0.340 e. The van der Waals surface area contributed by atoms with Crippen LogP contribution in [0.25, 0.3) is 11.4 Å². The third kappa shape index (κ3) is 4.94. The van der Waals surface area contributed by atoms with E-state index in [1.807, 2.05) is 24.3 Å². The Morgan fingerprint density at radius 1 is 1.18 bits per heavy atom. The van der Waals surface area contributed by atoms with Gasteiger partial charge in [-0.3, -0.25) is 4.79 Å². The van der Waals surface area contributed by atoms with Crippen LogP contribution in [0.3, 0.4) is 0 Å². The van der Waals surface area contributed by atoms with Gasteiger partial charge in [0.25, 0.3) is 0 Å². The topological polar surface area (TPSA) is 63.9 Å². The zero-order chi connectivity index (χ0) is 20.3. The molecule has 0 unspecified atom stereocenters. The zero-order valence-corrected chi connectivity index (χ0v) is 16.3. The molecule has 28 heavy (non-hydrogen) atoms. The fourth-order valence-corrected chi connectivity index (χ4v) is 2.72. The lowest BCUT2D eigenvalue weighted by Crippen LogP contribution is -2.30. The molecule has 1 aromatic heterocycles. The quantitative estimate of drug-likeness (QED) is 0.589. The maximum atomic E-state index is 12.8. The number of benzene rings is 2. The van der Waals surface area contributed by atoms with E-state index in [9.17, 15) is 18.0 Å². The van der Waals surface area contributed by atoms with E-state index in [0.717, 1.165) is 27.0 Å². The molecule has 3 rings (SSSR count). The molecule has 0 saturated carbocycles. The highest BCUT2D eigenvalue weighted by atomic mass is 79.9. The van der Waals surface area contributed by atoms with E-state index < -0.39 is 11.7 Å². The van der Waals surface area contributed by atoms with Crippen molar-refractivity contribution in [2.45, 2.75) is 19.3 Å². The third-order valence-corrected chi connectivity index (χ3v) is 4.47. The van der Waals surface area contributed by atoms with Gasteiger partial charge in [0.2, 0.25) is 11.7 Å². The van der Waals surface area contributed by atoms with Crippen molar-refractivity contribution in [2.24, 2.45) is 0 Å². The molecule has 1 amide bonds. The molecule has 2 aromatic carbocycles. The normalized spacial score (nSPS) is 11.5. The summed E-state index contributed by atoms with van der Waals surface area (Å²) < 4.78 is 39.5. The van der Waals surface area contributed by atoms with Crippen LogP contribution in [0.4, 0.5) is 13.2 Å². The number of likely N-dealkylation sites (N-methyl/N-ethyl adjacent to an activating group) is 1. The van der Waals surface area contributed by atoms with Gasteiger partial charge in [0.15, 0.2) is 0 Å². The monoisotopic (exact) mass is 453 g/mol. The number of rotatable bonds is 5. The average Bonchev–Trinajstić information content (AvgIpc) is 3.11. The molecule has 0 aliphatic heterocycles. The molecule has 0 aliphatic rings. The Balaban J connectivity index is 1.67. The van der Waals surface area contributed by atoms with Crippen molar-refractivity contribution >= 4 is 21.8 Å². The van der Waals surface area contributed by atoms with Crippen molar-refractivity contribution in [2.75, 3.05) is 7.05 Å². The lowest BCUT2D eigenvalue weighted by Gasteiger charge is -2.16. The zero-order valence-electron chi connectivity index (χ0n) is 14.7. The van der Waals surface area contributed by atoms with Gasteiger partial charge in [-0.1, -0.05) is 40.2 Å². The summed E-state index contributed by atoms with van der Waals surface area (Å²) in [5.74, 6) is -0.231. The summed E-state index contributed by atoms with van der Waals surface area (Å²) in [4.78, 5) is 14.9. The Hall–Kier alpha value is -2.75. The number of carbonyl (C=O) groups excluding carboxylic acids is 1. The maximum Gasteiger partial charge on any atom is 0.416 e. The fourth-order valence-electron chi connectivity index (χ4n) is 2.45. The molecule has 6 nitrogen and oxygen atoms in total. The SMILES string of the molecule is CN(Cc1ccc(Br)cc1)C(=O)Cn1nnc(-c2cccc(C(F)(F)F)c2)n1. The van der Waals surface area contributed by atoms with Gasteiger partial charge in [-0.2, -0.15) is 18.0 Å². The number of tetrazole rings is 1. The molecule has 3 aromatic rings. The first-order chi connectivity index (χ1) is 13.2. The first kappa shape index (κ1) is 20.0. The second kappa shape index (κ2) is 8.09. The summed E-state index contributed by atoms with van der Waals surface area (Å²) in [7, 11) is 1.65. The van der Waals surface area contributed by atoms with Crippen molar-refractivity contribution in [1.29, 1.82) is 0 Å². The summed E-state index contributed by atoms with van der Waals surface area (Å²) >= 11 is 3.35. The van der Waals surface area contributed by atoms with Gasteiger partial charge in [-0.15, -0.1) is 10.2 Å². The van der Waals surface area contributed by atoms with Gasteiger partial charge in [0.1, 0.15) is 6.54 Å². The number of hydrogen-bond acceptors (Lipinski definition) is 4. The Bertz CT molecular complexity index is 972. The van der Waals surface area contributed by atoms with Crippen LogP contribution in [-0.2, 0) is 24.1 Å². The molecular weight excluding hydrogens is 439 g/mol. The molecule has 10 heteroatoms. The predicted molar refractivity (Wildman–Crippen MR) is 98.9 cm³/mol. The van der Waals surface area contributed by atoms with E-state index in [-0.39, 0.29) is 23.8 Å². The number of aromatic nitrogens is 4. The van der Waals surface area contributed by atoms with Crippen molar-refractivity contribution in [3.05, 3.63) is 64.1 Å². The van der Waals surface area contributed by atoms with E-state index in [1.165, 1.54) is 17.0 Å². The maximum absolute atomic E-state index is 12.8. The molecule has 0 saturated heterocycles. The van der Waals surface area contributed by atoms with E-state index in [4.69, 9.17) is 0 Å². The summed E-state index contributed by atoms with van der Waals surface area (Å²) in [6, 6.07) is 12.2. The number of carbonyl (C=O) groups is 1. The van der Waals surface area contributed by atoms with Crippen LogP contribution in [0.15, 0.2) is 53.0 Å². The van der Waals surface area contributed by atoms with Crippen LogP contribution in [0.1, 0.15) is 11.1 Å². The van der Waals surface area contributed by atoms with E-state index in [1.54, 1.807) is 7.05 Å².